The van der Waals surface area contributed by atoms with Gasteiger partial charge >= 0.3 is 0 Å². The van der Waals surface area contributed by atoms with Gasteiger partial charge in [-0.25, -0.2) is 4.98 Å². The maximum absolute atomic E-state index is 11.6. The summed E-state index contributed by atoms with van der Waals surface area (Å²) in [5.74, 6) is 1.59. The second kappa shape index (κ2) is 7.23. The molecular formula is C13H21IN4O. The Bertz CT molecular complexity index is 454. The SMILES string of the molecule is CCCNCC1CCN(c2nc[nH]c(=O)c2I)CC1. The van der Waals surface area contributed by atoms with E-state index in [1.807, 2.05) is 0 Å². The summed E-state index contributed by atoms with van der Waals surface area (Å²) < 4.78 is 0.697. The fourth-order valence-corrected chi connectivity index (χ4v) is 3.06. The van der Waals surface area contributed by atoms with Crippen LogP contribution < -0.4 is 15.8 Å². The van der Waals surface area contributed by atoms with Crippen LogP contribution in [-0.4, -0.2) is 36.1 Å². The highest BCUT2D eigenvalue weighted by Gasteiger charge is 2.21. The van der Waals surface area contributed by atoms with Crippen LogP contribution in [0.3, 0.4) is 0 Å². The van der Waals surface area contributed by atoms with Crippen molar-refractivity contribution in [2.75, 3.05) is 31.1 Å². The summed E-state index contributed by atoms with van der Waals surface area (Å²) in [6, 6.07) is 0. The van der Waals surface area contributed by atoms with Crippen LogP contribution in [0.5, 0.6) is 0 Å². The molecule has 1 aliphatic heterocycles. The lowest BCUT2D eigenvalue weighted by Gasteiger charge is -2.33. The number of nitrogens with one attached hydrogen (secondary N) is 2. The predicted octanol–water partition coefficient (Wildman–Crippen LogP) is 1.59. The molecule has 0 unspecified atom stereocenters. The largest absolute Gasteiger partial charge is 0.355 e. The molecule has 0 saturated carbocycles. The van der Waals surface area contributed by atoms with Crippen LogP contribution in [0, 0.1) is 9.49 Å². The molecule has 0 atom stereocenters. The highest BCUT2D eigenvalue weighted by Crippen LogP contribution is 2.23. The second-order valence-electron chi connectivity index (χ2n) is 5.00. The lowest BCUT2D eigenvalue weighted by Crippen LogP contribution is -2.39. The van der Waals surface area contributed by atoms with Crippen molar-refractivity contribution in [2.45, 2.75) is 26.2 Å². The van der Waals surface area contributed by atoms with Gasteiger partial charge in [0.1, 0.15) is 9.39 Å². The summed E-state index contributed by atoms with van der Waals surface area (Å²) in [6.07, 6.45) is 5.02. The first-order chi connectivity index (χ1) is 9.22. The van der Waals surface area contributed by atoms with Gasteiger partial charge in [0.2, 0.25) is 0 Å². The van der Waals surface area contributed by atoms with Crippen molar-refractivity contribution in [3.63, 3.8) is 0 Å². The van der Waals surface area contributed by atoms with Crippen molar-refractivity contribution in [1.82, 2.24) is 15.3 Å². The van der Waals surface area contributed by atoms with E-state index < -0.39 is 0 Å². The third-order valence-corrected chi connectivity index (χ3v) is 4.52. The monoisotopic (exact) mass is 376 g/mol. The molecular weight excluding hydrogens is 355 g/mol. The number of aromatic amines is 1. The minimum atomic E-state index is -0.0441. The maximum atomic E-state index is 11.6. The molecule has 2 N–H and O–H groups in total. The van der Waals surface area contributed by atoms with Crippen molar-refractivity contribution in [2.24, 2.45) is 5.92 Å². The molecule has 2 heterocycles. The molecule has 0 aromatic carbocycles. The topological polar surface area (TPSA) is 61.0 Å². The molecule has 6 heteroatoms. The minimum absolute atomic E-state index is 0.0441. The molecule has 0 spiro atoms. The molecule has 0 amide bonds. The number of anilines is 1. The zero-order chi connectivity index (χ0) is 13.7. The van der Waals surface area contributed by atoms with Gasteiger partial charge in [0.15, 0.2) is 0 Å². The molecule has 0 radical (unpaired) electrons. The van der Waals surface area contributed by atoms with E-state index in [9.17, 15) is 4.79 Å². The summed E-state index contributed by atoms with van der Waals surface area (Å²) in [5, 5.41) is 3.49. The van der Waals surface area contributed by atoms with Gasteiger partial charge in [-0.1, -0.05) is 6.92 Å². The van der Waals surface area contributed by atoms with Crippen LogP contribution >= 0.6 is 22.6 Å². The number of H-pyrrole nitrogens is 1. The van der Waals surface area contributed by atoms with E-state index in [4.69, 9.17) is 0 Å². The molecule has 5 nitrogen and oxygen atoms in total. The first kappa shape index (κ1) is 14.8. The third kappa shape index (κ3) is 3.92. The number of hydrogen-bond acceptors (Lipinski definition) is 4. The third-order valence-electron chi connectivity index (χ3n) is 3.55. The summed E-state index contributed by atoms with van der Waals surface area (Å²) in [6.45, 7) is 6.39. The van der Waals surface area contributed by atoms with Crippen LogP contribution in [0.2, 0.25) is 0 Å². The number of rotatable bonds is 5. The van der Waals surface area contributed by atoms with Gasteiger partial charge in [0, 0.05) is 13.1 Å². The Hall–Kier alpha value is -0.630. The summed E-state index contributed by atoms with van der Waals surface area (Å²) in [5.41, 5.74) is -0.0441. The average Bonchev–Trinajstić information content (AvgIpc) is 2.43. The fourth-order valence-electron chi connectivity index (χ4n) is 2.43. The first-order valence-electron chi connectivity index (χ1n) is 6.91. The van der Waals surface area contributed by atoms with E-state index in [1.165, 1.54) is 25.6 Å². The van der Waals surface area contributed by atoms with Gasteiger partial charge < -0.3 is 15.2 Å². The lowest BCUT2D eigenvalue weighted by molar-refractivity contribution is 0.382. The molecule has 106 valence electrons. The van der Waals surface area contributed by atoms with Gasteiger partial charge in [-0.2, -0.15) is 0 Å². The molecule has 0 aliphatic carbocycles. The van der Waals surface area contributed by atoms with E-state index >= 15 is 0 Å². The van der Waals surface area contributed by atoms with Crippen molar-refractivity contribution >= 4 is 28.4 Å². The molecule has 1 fully saturated rings. The second-order valence-corrected chi connectivity index (χ2v) is 6.08. The normalized spacial score (nSPS) is 16.8. The smallest absolute Gasteiger partial charge is 0.266 e. The zero-order valence-corrected chi connectivity index (χ0v) is 13.4. The molecule has 19 heavy (non-hydrogen) atoms. The van der Waals surface area contributed by atoms with E-state index in [2.05, 4.69) is 49.7 Å². The average molecular weight is 376 g/mol. The van der Waals surface area contributed by atoms with Crippen LogP contribution in [0.15, 0.2) is 11.1 Å². The van der Waals surface area contributed by atoms with E-state index in [0.29, 0.717) is 3.57 Å². The van der Waals surface area contributed by atoms with Crippen LogP contribution in [0.25, 0.3) is 0 Å². The molecule has 1 saturated heterocycles. The molecule has 1 aliphatic rings. The standard InChI is InChI=1S/C13H21IN4O/c1-2-5-15-8-10-3-6-18(7-4-10)12-11(14)13(19)17-9-16-12/h9-10,15H,2-8H2,1H3,(H,16,17,19). The highest BCUT2D eigenvalue weighted by atomic mass is 127. The highest BCUT2D eigenvalue weighted by molar-refractivity contribution is 14.1. The number of nitrogens with zero attached hydrogens (tertiary/aromatic N) is 2. The summed E-state index contributed by atoms with van der Waals surface area (Å²) in [7, 11) is 0. The maximum Gasteiger partial charge on any atom is 0.266 e. The van der Waals surface area contributed by atoms with Crippen LogP contribution in [0.1, 0.15) is 26.2 Å². The number of hydrogen-bond donors (Lipinski definition) is 2. The Labute approximate surface area is 127 Å². The van der Waals surface area contributed by atoms with E-state index in [1.54, 1.807) is 0 Å². The van der Waals surface area contributed by atoms with Gasteiger partial charge in [-0.3, -0.25) is 4.79 Å². The zero-order valence-electron chi connectivity index (χ0n) is 11.3. The number of halogens is 1. The van der Waals surface area contributed by atoms with E-state index in [0.717, 1.165) is 37.9 Å². The van der Waals surface area contributed by atoms with Gasteiger partial charge in [0.25, 0.3) is 5.56 Å². The predicted molar refractivity (Wildman–Crippen MR) is 85.7 cm³/mol. The van der Waals surface area contributed by atoms with Crippen molar-refractivity contribution in [3.8, 4) is 0 Å². The van der Waals surface area contributed by atoms with Crippen LogP contribution in [-0.2, 0) is 0 Å². The minimum Gasteiger partial charge on any atom is -0.355 e. The molecule has 1 aromatic heterocycles. The summed E-state index contributed by atoms with van der Waals surface area (Å²) in [4.78, 5) is 20.7. The Morgan fingerprint density at radius 1 is 1.53 bits per heavy atom. The molecule has 1 aromatic rings. The Morgan fingerprint density at radius 3 is 2.95 bits per heavy atom. The fraction of sp³-hybridized carbons (Fsp3) is 0.692. The Kier molecular flexibility index (Phi) is 5.62. The number of aromatic nitrogens is 2. The van der Waals surface area contributed by atoms with Gasteiger partial charge in [-0.05, 0) is 60.9 Å². The van der Waals surface area contributed by atoms with E-state index in [-0.39, 0.29) is 5.56 Å². The first-order valence-corrected chi connectivity index (χ1v) is 7.99. The van der Waals surface area contributed by atoms with Crippen molar-refractivity contribution in [3.05, 3.63) is 20.3 Å². The molecule has 0 bridgehead atoms. The summed E-state index contributed by atoms with van der Waals surface area (Å²) >= 11 is 2.08. The van der Waals surface area contributed by atoms with Crippen molar-refractivity contribution in [1.29, 1.82) is 0 Å². The Balaban J connectivity index is 1.89. The Morgan fingerprint density at radius 2 is 2.26 bits per heavy atom. The number of piperidine rings is 1. The molecule has 2 rings (SSSR count). The van der Waals surface area contributed by atoms with Crippen molar-refractivity contribution < 1.29 is 0 Å². The van der Waals surface area contributed by atoms with Gasteiger partial charge in [-0.15, -0.1) is 0 Å². The quantitative estimate of drug-likeness (QED) is 0.605. The lowest BCUT2D eigenvalue weighted by atomic mass is 9.97. The van der Waals surface area contributed by atoms with Crippen LogP contribution in [0.4, 0.5) is 5.82 Å². The van der Waals surface area contributed by atoms with Gasteiger partial charge in [0.05, 0.1) is 6.33 Å².